The van der Waals surface area contributed by atoms with Gasteiger partial charge in [0.1, 0.15) is 0 Å². The van der Waals surface area contributed by atoms with E-state index in [1.54, 1.807) is 6.92 Å². The summed E-state index contributed by atoms with van der Waals surface area (Å²) in [6.45, 7) is 6.47. The number of amides is 3. The number of nitrogens with one attached hydrogen (secondary N) is 2. The van der Waals surface area contributed by atoms with Gasteiger partial charge >= 0.3 is 0 Å². The van der Waals surface area contributed by atoms with Gasteiger partial charge in [0.2, 0.25) is 11.8 Å². The van der Waals surface area contributed by atoms with Crippen LogP contribution in [0.3, 0.4) is 0 Å². The Morgan fingerprint density at radius 1 is 1.02 bits per heavy atom. The molecule has 1 aromatic carbocycles. The molecule has 0 aromatic heterocycles. The van der Waals surface area contributed by atoms with Gasteiger partial charge in [0.05, 0.1) is 17.9 Å². The first-order valence-corrected chi connectivity index (χ1v) is 14.9. The Hall–Kier alpha value is -2.75. The number of ether oxygens (including phenoxy) is 1. The van der Waals surface area contributed by atoms with E-state index in [4.69, 9.17) is 15.3 Å². The number of allylic oxidation sites excluding steroid dienone is 1. The number of nitrogens with zero attached hydrogens (tertiary/aromatic N) is 1. The fourth-order valence-corrected chi connectivity index (χ4v) is 5.45. The number of rotatable bonds is 13. The highest BCUT2D eigenvalue weighted by atomic mass is 16.8. The Labute approximate surface area is 239 Å². The van der Waals surface area contributed by atoms with Crippen LogP contribution in [0.15, 0.2) is 36.4 Å². The summed E-state index contributed by atoms with van der Waals surface area (Å²) in [7, 11) is 0. The van der Waals surface area contributed by atoms with Crippen molar-refractivity contribution in [2.75, 3.05) is 13.2 Å². The van der Waals surface area contributed by atoms with Crippen molar-refractivity contribution >= 4 is 23.8 Å². The zero-order chi connectivity index (χ0) is 28.9. The number of carbonyl (C=O) groups excluding carboxylic acids is 3. The number of hydroxylamine groups is 1. The summed E-state index contributed by atoms with van der Waals surface area (Å²) in [4.78, 5) is 46.1. The molecule has 1 saturated carbocycles. The molecule has 3 rings (SSSR count). The zero-order valence-corrected chi connectivity index (χ0v) is 24.3. The largest absolute Gasteiger partial charge is 0.350 e. The topological polar surface area (TPSA) is 123 Å². The molecule has 9 heteroatoms. The monoisotopic (exact) mass is 556 g/mol. The maximum Gasteiger partial charge on any atom is 0.257 e. The van der Waals surface area contributed by atoms with E-state index in [1.807, 2.05) is 56.3 Å². The van der Waals surface area contributed by atoms with Gasteiger partial charge in [0, 0.05) is 19.6 Å². The maximum absolute atomic E-state index is 13.9. The van der Waals surface area contributed by atoms with E-state index in [-0.39, 0.29) is 23.6 Å². The third-order valence-corrected chi connectivity index (χ3v) is 7.60. The fourth-order valence-electron chi connectivity index (χ4n) is 5.45. The molecule has 4 atom stereocenters. The summed E-state index contributed by atoms with van der Waals surface area (Å²) in [5.74, 6) is -1.96. The van der Waals surface area contributed by atoms with E-state index in [2.05, 4.69) is 10.9 Å². The van der Waals surface area contributed by atoms with Crippen LogP contribution < -0.4 is 16.6 Å². The van der Waals surface area contributed by atoms with Gasteiger partial charge in [0.25, 0.3) is 5.91 Å². The molecular formula is C31H48N4O5. The highest BCUT2D eigenvalue weighted by Crippen LogP contribution is 2.34. The van der Waals surface area contributed by atoms with Crippen LogP contribution >= 0.6 is 0 Å². The minimum absolute atomic E-state index is 0.119. The molecule has 222 valence electrons. The molecule has 4 N–H and O–H groups in total. The maximum atomic E-state index is 13.9. The van der Waals surface area contributed by atoms with Crippen LogP contribution in [0.2, 0.25) is 0 Å². The number of hydrogen-bond acceptors (Lipinski definition) is 6. The van der Waals surface area contributed by atoms with E-state index in [0.29, 0.717) is 38.3 Å². The Kier molecular flexibility index (Phi) is 13.1. The Balaban J connectivity index is 1.84. The Morgan fingerprint density at radius 2 is 1.73 bits per heavy atom. The van der Waals surface area contributed by atoms with Crippen LogP contribution in [0.5, 0.6) is 0 Å². The number of benzene rings is 1. The van der Waals surface area contributed by atoms with E-state index in [1.165, 1.54) is 5.01 Å². The summed E-state index contributed by atoms with van der Waals surface area (Å²) in [5, 5.41) is 1.32. The van der Waals surface area contributed by atoms with E-state index < -0.39 is 24.2 Å². The number of carbonyl (C=O) groups is 3. The molecule has 1 aromatic rings. The quantitative estimate of drug-likeness (QED) is 0.311. The van der Waals surface area contributed by atoms with Crippen LogP contribution in [-0.4, -0.2) is 48.2 Å². The van der Waals surface area contributed by atoms with Crippen molar-refractivity contribution < 1.29 is 24.0 Å². The molecule has 3 amide bonds. The fraction of sp³-hybridized carbons (Fsp3) is 0.645. The molecule has 9 nitrogen and oxygen atoms in total. The third-order valence-electron chi connectivity index (χ3n) is 7.60. The lowest BCUT2D eigenvalue weighted by molar-refractivity contribution is -0.203. The second kappa shape index (κ2) is 16.5. The van der Waals surface area contributed by atoms with Gasteiger partial charge in [-0.1, -0.05) is 82.0 Å². The zero-order valence-electron chi connectivity index (χ0n) is 24.3. The van der Waals surface area contributed by atoms with Gasteiger partial charge in [-0.2, -0.15) is 0 Å². The van der Waals surface area contributed by atoms with Crippen molar-refractivity contribution in [2.45, 2.75) is 90.9 Å². The van der Waals surface area contributed by atoms with Gasteiger partial charge in [-0.05, 0) is 50.0 Å². The smallest absolute Gasteiger partial charge is 0.257 e. The van der Waals surface area contributed by atoms with Crippen LogP contribution in [0, 0.1) is 23.7 Å². The molecule has 40 heavy (non-hydrogen) atoms. The van der Waals surface area contributed by atoms with Crippen molar-refractivity contribution in [2.24, 2.45) is 29.4 Å². The molecule has 0 spiro atoms. The summed E-state index contributed by atoms with van der Waals surface area (Å²) >= 11 is 0. The lowest BCUT2D eigenvalue weighted by Crippen LogP contribution is -2.55. The minimum atomic E-state index is -0.760. The van der Waals surface area contributed by atoms with Gasteiger partial charge in [-0.25, -0.2) is 10.3 Å². The lowest BCUT2D eigenvalue weighted by Gasteiger charge is -2.32. The van der Waals surface area contributed by atoms with Crippen LogP contribution in [-0.2, 0) is 24.0 Å². The standard InChI is InChI=1S/C31H48N4O5/c1-22(2)21-35(31(38)23(3)32)33-29(36)27(20-25-14-7-8-15-25)26(17-11-16-24-12-5-4-6-13-24)30(37)34-40-28-18-9-10-19-39-28/h4-6,11-13,16,22-23,25-28H,7-10,14-15,17-21,32H2,1-3H3,(H,33,36)(H,34,37)/b16-11+/t23-,26+,27-,28?/m1/s1. The van der Waals surface area contributed by atoms with Gasteiger partial charge < -0.3 is 10.5 Å². The van der Waals surface area contributed by atoms with Crippen molar-refractivity contribution in [1.29, 1.82) is 0 Å². The highest BCUT2D eigenvalue weighted by Gasteiger charge is 2.37. The molecule has 0 bridgehead atoms. The van der Waals surface area contributed by atoms with E-state index in [0.717, 1.165) is 44.1 Å². The molecule has 1 saturated heterocycles. The number of hydrogen-bond donors (Lipinski definition) is 3. The number of nitrogens with two attached hydrogens (primary N) is 1. The normalized spacial score (nSPS) is 20.3. The van der Waals surface area contributed by atoms with Gasteiger partial charge in [-0.3, -0.25) is 24.8 Å². The average Bonchev–Trinajstić information content (AvgIpc) is 3.46. The molecule has 1 aliphatic heterocycles. The summed E-state index contributed by atoms with van der Waals surface area (Å²) in [6, 6.07) is 9.08. The molecule has 1 heterocycles. The van der Waals surface area contributed by atoms with Crippen molar-refractivity contribution in [3.63, 3.8) is 0 Å². The first kappa shape index (κ1) is 31.8. The Morgan fingerprint density at radius 3 is 2.35 bits per heavy atom. The van der Waals surface area contributed by atoms with Crippen LogP contribution in [0.1, 0.15) is 84.1 Å². The minimum Gasteiger partial charge on any atom is -0.350 e. The SMILES string of the molecule is CC(C)CN(NC(=O)[C@H](CC1CCCC1)[C@H](C/C=C/c1ccccc1)C(=O)NOC1CCCCO1)C(=O)[C@@H](C)N. The number of hydrazine groups is 1. The van der Waals surface area contributed by atoms with Gasteiger partial charge in [0.15, 0.2) is 6.29 Å². The van der Waals surface area contributed by atoms with E-state index in [9.17, 15) is 14.4 Å². The van der Waals surface area contributed by atoms with E-state index >= 15 is 0 Å². The Bertz CT molecular complexity index is 956. The molecule has 1 aliphatic carbocycles. The van der Waals surface area contributed by atoms with Gasteiger partial charge in [-0.15, -0.1) is 0 Å². The first-order chi connectivity index (χ1) is 19.2. The van der Waals surface area contributed by atoms with Crippen molar-refractivity contribution in [1.82, 2.24) is 15.9 Å². The highest BCUT2D eigenvalue weighted by molar-refractivity contribution is 5.89. The summed E-state index contributed by atoms with van der Waals surface area (Å²) in [5.41, 5.74) is 12.4. The average molecular weight is 557 g/mol. The van der Waals surface area contributed by atoms with Crippen molar-refractivity contribution in [3.05, 3.63) is 42.0 Å². The second-order valence-corrected chi connectivity index (χ2v) is 11.6. The molecule has 2 aliphatic rings. The van der Waals surface area contributed by atoms with Crippen molar-refractivity contribution in [3.8, 4) is 0 Å². The predicted molar refractivity (Wildman–Crippen MR) is 155 cm³/mol. The molecule has 0 radical (unpaired) electrons. The lowest BCUT2D eigenvalue weighted by atomic mass is 9.80. The van der Waals surface area contributed by atoms with Crippen LogP contribution in [0.25, 0.3) is 6.08 Å². The first-order valence-electron chi connectivity index (χ1n) is 14.9. The molecule has 2 fully saturated rings. The third kappa shape index (κ3) is 10.3. The predicted octanol–water partition coefficient (Wildman–Crippen LogP) is 4.34. The summed E-state index contributed by atoms with van der Waals surface area (Å²) < 4.78 is 5.61. The summed E-state index contributed by atoms with van der Waals surface area (Å²) in [6.07, 6.45) is 11.2. The van der Waals surface area contributed by atoms with Crippen LogP contribution in [0.4, 0.5) is 0 Å². The second-order valence-electron chi connectivity index (χ2n) is 11.6. The molecule has 1 unspecified atom stereocenters. The molecular weight excluding hydrogens is 508 g/mol.